The van der Waals surface area contributed by atoms with Gasteiger partial charge in [0.15, 0.2) is 5.76 Å². The van der Waals surface area contributed by atoms with E-state index in [9.17, 15) is 0 Å². The standard InChI is InChI=1S/C25H24N6O/c1-18-7-5-10-20(15-18)17-30(13-12-19-8-3-2-4-9-19)23-16-22(26)31-25(27-23)28-24(29-31)21-11-6-14-32-21/h2-11,14-16H,12-13,17,26H2,1H3. The van der Waals surface area contributed by atoms with Gasteiger partial charge in [0.2, 0.25) is 5.82 Å². The average molecular weight is 425 g/mol. The second kappa shape index (κ2) is 8.55. The Bertz CT molecular complexity index is 1330. The minimum Gasteiger partial charge on any atom is -0.461 e. The summed E-state index contributed by atoms with van der Waals surface area (Å²) in [7, 11) is 0. The zero-order chi connectivity index (χ0) is 21.9. The summed E-state index contributed by atoms with van der Waals surface area (Å²) in [6, 6.07) is 24.4. The zero-order valence-electron chi connectivity index (χ0n) is 17.8. The Labute approximate surface area is 186 Å². The maximum atomic E-state index is 6.35. The van der Waals surface area contributed by atoms with Crippen molar-refractivity contribution >= 4 is 17.4 Å². The molecule has 0 radical (unpaired) electrons. The highest BCUT2D eigenvalue weighted by molar-refractivity contribution is 5.57. The van der Waals surface area contributed by atoms with E-state index in [1.807, 2.05) is 18.2 Å². The molecule has 0 saturated heterocycles. The molecule has 7 nitrogen and oxygen atoms in total. The molecule has 0 aliphatic heterocycles. The first-order valence-corrected chi connectivity index (χ1v) is 10.6. The van der Waals surface area contributed by atoms with E-state index in [1.165, 1.54) is 16.7 Å². The fourth-order valence-corrected chi connectivity index (χ4v) is 3.76. The fourth-order valence-electron chi connectivity index (χ4n) is 3.76. The number of rotatable bonds is 7. The molecule has 0 saturated carbocycles. The van der Waals surface area contributed by atoms with Gasteiger partial charge in [-0.05, 0) is 36.6 Å². The van der Waals surface area contributed by atoms with Crippen molar-refractivity contribution < 1.29 is 4.42 Å². The van der Waals surface area contributed by atoms with Crippen LogP contribution in [0.15, 0.2) is 83.5 Å². The third-order valence-electron chi connectivity index (χ3n) is 5.36. The van der Waals surface area contributed by atoms with Gasteiger partial charge in [-0.3, -0.25) is 0 Å². The summed E-state index contributed by atoms with van der Waals surface area (Å²) < 4.78 is 6.97. The molecular weight excluding hydrogens is 400 g/mol. The molecule has 3 aromatic heterocycles. The molecule has 0 spiro atoms. The number of hydrogen-bond donors (Lipinski definition) is 1. The van der Waals surface area contributed by atoms with Crippen LogP contribution in [-0.4, -0.2) is 26.1 Å². The predicted molar refractivity (Wildman–Crippen MR) is 125 cm³/mol. The molecule has 160 valence electrons. The molecule has 0 atom stereocenters. The number of nitrogen functional groups attached to an aromatic ring is 1. The van der Waals surface area contributed by atoms with Crippen LogP contribution in [0.1, 0.15) is 16.7 Å². The fraction of sp³-hybridized carbons (Fsp3) is 0.160. The minimum atomic E-state index is 0.445. The molecule has 7 heteroatoms. The molecule has 0 aliphatic carbocycles. The number of hydrogen-bond acceptors (Lipinski definition) is 6. The van der Waals surface area contributed by atoms with Crippen LogP contribution in [0.4, 0.5) is 11.6 Å². The molecule has 2 aromatic carbocycles. The van der Waals surface area contributed by atoms with E-state index in [2.05, 4.69) is 70.4 Å². The summed E-state index contributed by atoms with van der Waals surface area (Å²) in [6.07, 6.45) is 2.49. The van der Waals surface area contributed by atoms with E-state index < -0.39 is 0 Å². The monoisotopic (exact) mass is 424 g/mol. The molecule has 2 N–H and O–H groups in total. The van der Waals surface area contributed by atoms with Crippen LogP contribution in [-0.2, 0) is 13.0 Å². The Kier molecular flexibility index (Phi) is 5.29. The normalized spacial score (nSPS) is 11.2. The maximum absolute atomic E-state index is 6.35. The van der Waals surface area contributed by atoms with Gasteiger partial charge in [-0.1, -0.05) is 60.2 Å². The van der Waals surface area contributed by atoms with Gasteiger partial charge in [0, 0.05) is 19.2 Å². The lowest BCUT2D eigenvalue weighted by atomic mass is 10.1. The Morgan fingerprint density at radius 3 is 2.56 bits per heavy atom. The van der Waals surface area contributed by atoms with Crippen molar-refractivity contribution in [3.05, 3.63) is 95.7 Å². The Morgan fingerprint density at radius 2 is 1.78 bits per heavy atom. The van der Waals surface area contributed by atoms with E-state index in [0.29, 0.717) is 23.2 Å². The van der Waals surface area contributed by atoms with E-state index in [-0.39, 0.29) is 0 Å². The number of aryl methyl sites for hydroxylation is 1. The number of aromatic nitrogens is 4. The van der Waals surface area contributed by atoms with Crippen LogP contribution in [0.2, 0.25) is 0 Å². The number of nitrogens with two attached hydrogens (primary N) is 1. The van der Waals surface area contributed by atoms with Crippen molar-refractivity contribution in [2.24, 2.45) is 0 Å². The van der Waals surface area contributed by atoms with Gasteiger partial charge in [-0.2, -0.15) is 14.5 Å². The van der Waals surface area contributed by atoms with Crippen LogP contribution >= 0.6 is 0 Å². The quantitative estimate of drug-likeness (QED) is 0.413. The summed E-state index contributed by atoms with van der Waals surface area (Å²) in [5, 5.41) is 4.45. The first-order valence-electron chi connectivity index (χ1n) is 10.6. The maximum Gasteiger partial charge on any atom is 0.256 e. The number of furan rings is 1. The lowest BCUT2D eigenvalue weighted by Crippen LogP contribution is -2.27. The second-order valence-electron chi connectivity index (χ2n) is 7.81. The molecule has 0 bridgehead atoms. The van der Waals surface area contributed by atoms with Crippen molar-refractivity contribution in [3.8, 4) is 11.6 Å². The SMILES string of the molecule is Cc1cccc(CN(CCc2ccccc2)c2cc(N)n3nc(-c4ccco4)nc3n2)c1. The third kappa shape index (κ3) is 4.18. The number of nitrogens with zero attached hydrogens (tertiary/aromatic N) is 5. The highest BCUT2D eigenvalue weighted by Gasteiger charge is 2.16. The summed E-state index contributed by atoms with van der Waals surface area (Å²) in [6.45, 7) is 3.61. The second-order valence-corrected chi connectivity index (χ2v) is 7.81. The molecule has 3 heterocycles. The molecule has 0 amide bonds. The van der Waals surface area contributed by atoms with Crippen molar-refractivity contribution in [1.29, 1.82) is 0 Å². The van der Waals surface area contributed by atoms with Crippen molar-refractivity contribution in [1.82, 2.24) is 19.6 Å². The van der Waals surface area contributed by atoms with E-state index in [4.69, 9.17) is 15.1 Å². The highest BCUT2D eigenvalue weighted by atomic mass is 16.3. The molecule has 0 aliphatic rings. The predicted octanol–water partition coefficient (Wildman–Crippen LogP) is 4.52. The van der Waals surface area contributed by atoms with E-state index in [1.54, 1.807) is 16.8 Å². The third-order valence-corrected chi connectivity index (χ3v) is 5.36. The summed E-state index contributed by atoms with van der Waals surface area (Å²) in [5.74, 6) is 2.73. The summed E-state index contributed by atoms with van der Waals surface area (Å²) in [4.78, 5) is 11.6. The lowest BCUT2D eigenvalue weighted by Gasteiger charge is -2.24. The zero-order valence-corrected chi connectivity index (χ0v) is 17.8. The van der Waals surface area contributed by atoms with Gasteiger partial charge in [-0.15, -0.1) is 5.10 Å². The van der Waals surface area contributed by atoms with Gasteiger partial charge in [-0.25, -0.2) is 0 Å². The lowest BCUT2D eigenvalue weighted by molar-refractivity contribution is 0.577. The molecular formula is C25H24N6O. The first kappa shape index (κ1) is 19.8. The van der Waals surface area contributed by atoms with Crippen molar-refractivity contribution in [2.45, 2.75) is 19.9 Å². The molecule has 5 rings (SSSR count). The van der Waals surface area contributed by atoms with E-state index in [0.717, 1.165) is 25.3 Å². The first-order chi connectivity index (χ1) is 15.7. The van der Waals surface area contributed by atoms with Gasteiger partial charge in [0.1, 0.15) is 11.6 Å². The van der Waals surface area contributed by atoms with Gasteiger partial charge < -0.3 is 15.1 Å². The van der Waals surface area contributed by atoms with Crippen LogP contribution in [0.5, 0.6) is 0 Å². The highest BCUT2D eigenvalue weighted by Crippen LogP contribution is 2.23. The van der Waals surface area contributed by atoms with Crippen LogP contribution in [0.3, 0.4) is 0 Å². The largest absolute Gasteiger partial charge is 0.461 e. The number of fused-ring (bicyclic) bond motifs is 1. The van der Waals surface area contributed by atoms with Gasteiger partial charge >= 0.3 is 0 Å². The summed E-state index contributed by atoms with van der Waals surface area (Å²) >= 11 is 0. The average Bonchev–Trinajstić information content (AvgIpc) is 3.47. The Balaban J connectivity index is 1.50. The Hall–Kier alpha value is -4.13. The Morgan fingerprint density at radius 1 is 0.938 bits per heavy atom. The van der Waals surface area contributed by atoms with E-state index >= 15 is 0 Å². The molecule has 0 fully saturated rings. The van der Waals surface area contributed by atoms with Crippen molar-refractivity contribution in [2.75, 3.05) is 17.2 Å². The number of benzene rings is 2. The molecule has 32 heavy (non-hydrogen) atoms. The van der Waals surface area contributed by atoms with Crippen molar-refractivity contribution in [3.63, 3.8) is 0 Å². The smallest absolute Gasteiger partial charge is 0.256 e. The van der Waals surface area contributed by atoms with Crippen LogP contribution < -0.4 is 10.6 Å². The van der Waals surface area contributed by atoms with Gasteiger partial charge in [0.25, 0.3) is 5.78 Å². The minimum absolute atomic E-state index is 0.445. The topological polar surface area (TPSA) is 85.5 Å². The number of anilines is 2. The van der Waals surface area contributed by atoms with Crippen LogP contribution in [0, 0.1) is 6.92 Å². The molecule has 0 unspecified atom stereocenters. The van der Waals surface area contributed by atoms with Crippen LogP contribution in [0.25, 0.3) is 17.4 Å². The van der Waals surface area contributed by atoms with Gasteiger partial charge in [0.05, 0.1) is 6.26 Å². The summed E-state index contributed by atoms with van der Waals surface area (Å²) in [5.41, 5.74) is 10.1. The molecule has 5 aromatic rings.